The van der Waals surface area contributed by atoms with Gasteiger partial charge >= 0.3 is 0 Å². The SMILES string of the molecule is O=C(NC(C(=O)Nc1ccccc1)c1ccccc1)C1CCCN(C(=O)c2ccc(F)cc2)C1. The van der Waals surface area contributed by atoms with Crippen LogP contribution >= 0.6 is 0 Å². The minimum atomic E-state index is -0.878. The molecular formula is C27H26FN3O3. The lowest BCUT2D eigenvalue weighted by molar-refractivity contribution is -0.130. The van der Waals surface area contributed by atoms with Crippen LogP contribution in [0.15, 0.2) is 84.9 Å². The summed E-state index contributed by atoms with van der Waals surface area (Å²) in [6.07, 6.45) is 1.28. The Bertz CT molecular complexity index is 1140. The molecule has 2 N–H and O–H groups in total. The fourth-order valence-electron chi connectivity index (χ4n) is 4.09. The number of nitrogens with one attached hydrogen (secondary N) is 2. The van der Waals surface area contributed by atoms with Gasteiger partial charge in [0.25, 0.3) is 11.8 Å². The molecule has 34 heavy (non-hydrogen) atoms. The molecule has 0 aliphatic carbocycles. The molecule has 0 aromatic heterocycles. The van der Waals surface area contributed by atoms with Crippen LogP contribution in [0.3, 0.4) is 0 Å². The van der Waals surface area contributed by atoms with Gasteiger partial charge in [0.1, 0.15) is 11.9 Å². The molecule has 1 aliphatic heterocycles. The van der Waals surface area contributed by atoms with Crippen LogP contribution in [-0.2, 0) is 9.59 Å². The van der Waals surface area contributed by atoms with Crippen LogP contribution in [0.4, 0.5) is 10.1 Å². The van der Waals surface area contributed by atoms with E-state index in [1.165, 1.54) is 24.3 Å². The molecule has 3 aromatic rings. The largest absolute Gasteiger partial charge is 0.340 e. The molecule has 0 radical (unpaired) electrons. The van der Waals surface area contributed by atoms with E-state index in [-0.39, 0.29) is 24.3 Å². The molecular weight excluding hydrogens is 433 g/mol. The van der Waals surface area contributed by atoms with Gasteiger partial charge in [-0.15, -0.1) is 0 Å². The zero-order chi connectivity index (χ0) is 23.9. The van der Waals surface area contributed by atoms with Crippen LogP contribution in [0, 0.1) is 11.7 Å². The van der Waals surface area contributed by atoms with Gasteiger partial charge in [0, 0.05) is 24.3 Å². The second-order valence-corrected chi connectivity index (χ2v) is 8.30. The summed E-state index contributed by atoms with van der Waals surface area (Å²) in [6.45, 7) is 0.764. The molecule has 2 atom stereocenters. The number of hydrogen-bond donors (Lipinski definition) is 2. The van der Waals surface area contributed by atoms with Crippen LogP contribution in [0.1, 0.15) is 34.8 Å². The number of amides is 3. The molecule has 1 aliphatic rings. The highest BCUT2D eigenvalue weighted by Gasteiger charge is 2.32. The van der Waals surface area contributed by atoms with Gasteiger partial charge in [0.15, 0.2) is 0 Å². The zero-order valence-electron chi connectivity index (χ0n) is 18.6. The van der Waals surface area contributed by atoms with Crippen molar-refractivity contribution in [1.82, 2.24) is 10.2 Å². The lowest BCUT2D eigenvalue weighted by Gasteiger charge is -2.33. The lowest BCUT2D eigenvalue weighted by atomic mass is 9.95. The highest BCUT2D eigenvalue weighted by Crippen LogP contribution is 2.22. The quantitative estimate of drug-likeness (QED) is 0.581. The van der Waals surface area contributed by atoms with Gasteiger partial charge in [-0.1, -0.05) is 48.5 Å². The van der Waals surface area contributed by atoms with E-state index in [4.69, 9.17) is 0 Å². The molecule has 3 aromatic carbocycles. The second-order valence-electron chi connectivity index (χ2n) is 8.30. The highest BCUT2D eigenvalue weighted by molar-refractivity contribution is 5.98. The third-order valence-electron chi connectivity index (χ3n) is 5.89. The summed E-state index contributed by atoms with van der Waals surface area (Å²) in [5, 5.41) is 5.74. The number of rotatable bonds is 6. The Morgan fingerprint density at radius 2 is 1.53 bits per heavy atom. The Labute approximate surface area is 197 Å². The summed E-state index contributed by atoms with van der Waals surface area (Å²) in [6, 6.07) is 22.6. The maximum Gasteiger partial charge on any atom is 0.253 e. The van der Waals surface area contributed by atoms with Crippen molar-refractivity contribution in [2.24, 2.45) is 5.92 Å². The average Bonchev–Trinajstić information content (AvgIpc) is 2.88. The summed E-state index contributed by atoms with van der Waals surface area (Å²) >= 11 is 0. The second kappa shape index (κ2) is 10.7. The summed E-state index contributed by atoms with van der Waals surface area (Å²) in [4.78, 5) is 40.8. The van der Waals surface area contributed by atoms with Crippen molar-refractivity contribution in [3.8, 4) is 0 Å². The summed E-state index contributed by atoms with van der Waals surface area (Å²) in [7, 11) is 0. The number of piperidine rings is 1. The topological polar surface area (TPSA) is 78.5 Å². The van der Waals surface area contributed by atoms with Crippen LogP contribution in [-0.4, -0.2) is 35.7 Å². The van der Waals surface area contributed by atoms with E-state index in [9.17, 15) is 18.8 Å². The van der Waals surface area contributed by atoms with Crippen LogP contribution in [0.25, 0.3) is 0 Å². The predicted octanol–water partition coefficient (Wildman–Crippen LogP) is 4.17. The molecule has 174 valence electrons. The Kier molecular flexibility index (Phi) is 7.32. The molecule has 0 bridgehead atoms. The smallest absolute Gasteiger partial charge is 0.253 e. The monoisotopic (exact) mass is 459 g/mol. The molecule has 3 amide bonds. The van der Waals surface area contributed by atoms with Crippen molar-refractivity contribution in [3.63, 3.8) is 0 Å². The van der Waals surface area contributed by atoms with E-state index in [1.54, 1.807) is 29.2 Å². The minimum Gasteiger partial charge on any atom is -0.340 e. The van der Waals surface area contributed by atoms with E-state index in [1.807, 2.05) is 36.4 Å². The number of halogens is 1. The van der Waals surface area contributed by atoms with E-state index in [0.717, 1.165) is 0 Å². The van der Waals surface area contributed by atoms with Crippen molar-refractivity contribution in [2.45, 2.75) is 18.9 Å². The van der Waals surface area contributed by atoms with Crippen molar-refractivity contribution in [2.75, 3.05) is 18.4 Å². The molecule has 7 heteroatoms. The van der Waals surface area contributed by atoms with E-state index in [0.29, 0.717) is 36.2 Å². The first kappa shape index (κ1) is 23.2. The minimum absolute atomic E-state index is 0.237. The Morgan fingerprint density at radius 3 is 2.21 bits per heavy atom. The first-order valence-corrected chi connectivity index (χ1v) is 11.3. The number of nitrogens with zero attached hydrogens (tertiary/aromatic N) is 1. The summed E-state index contributed by atoms with van der Waals surface area (Å²) in [5.41, 5.74) is 1.68. The van der Waals surface area contributed by atoms with Gasteiger partial charge in [-0.2, -0.15) is 0 Å². The Balaban J connectivity index is 1.46. The van der Waals surface area contributed by atoms with E-state index in [2.05, 4.69) is 10.6 Å². The van der Waals surface area contributed by atoms with Gasteiger partial charge in [0.2, 0.25) is 5.91 Å². The molecule has 1 saturated heterocycles. The number of anilines is 1. The zero-order valence-corrected chi connectivity index (χ0v) is 18.6. The van der Waals surface area contributed by atoms with Crippen molar-refractivity contribution in [3.05, 3.63) is 102 Å². The summed E-state index contributed by atoms with van der Waals surface area (Å²) < 4.78 is 13.2. The van der Waals surface area contributed by atoms with Gasteiger partial charge in [-0.05, 0) is 54.8 Å². The predicted molar refractivity (Wildman–Crippen MR) is 127 cm³/mol. The Hall–Kier alpha value is -4.00. The molecule has 1 fully saturated rings. The molecule has 2 unspecified atom stereocenters. The lowest BCUT2D eigenvalue weighted by Crippen LogP contribution is -2.47. The number of carbonyl (C=O) groups is 3. The first-order valence-electron chi connectivity index (χ1n) is 11.3. The first-order chi connectivity index (χ1) is 16.5. The van der Waals surface area contributed by atoms with Gasteiger partial charge in [0.05, 0.1) is 5.92 Å². The maximum absolute atomic E-state index is 13.2. The van der Waals surface area contributed by atoms with Gasteiger partial charge in [-0.3, -0.25) is 14.4 Å². The van der Waals surface area contributed by atoms with Crippen molar-refractivity contribution in [1.29, 1.82) is 0 Å². The number of carbonyl (C=O) groups excluding carboxylic acids is 3. The standard InChI is InChI=1S/C27H26FN3O3/c28-22-15-13-20(14-16-22)27(34)31-17-7-10-21(18-31)25(32)30-24(19-8-3-1-4-9-19)26(33)29-23-11-5-2-6-12-23/h1-6,8-9,11-16,21,24H,7,10,17-18H2,(H,29,33)(H,30,32). The highest BCUT2D eigenvalue weighted by atomic mass is 19.1. The maximum atomic E-state index is 13.2. The fourth-order valence-corrected chi connectivity index (χ4v) is 4.09. The van der Waals surface area contributed by atoms with Gasteiger partial charge < -0.3 is 15.5 Å². The number of benzene rings is 3. The van der Waals surface area contributed by atoms with Gasteiger partial charge in [-0.25, -0.2) is 4.39 Å². The molecule has 0 spiro atoms. The fraction of sp³-hybridized carbons (Fsp3) is 0.222. The van der Waals surface area contributed by atoms with Crippen molar-refractivity contribution >= 4 is 23.4 Å². The molecule has 1 heterocycles. The molecule has 6 nitrogen and oxygen atoms in total. The third-order valence-corrected chi connectivity index (χ3v) is 5.89. The number of para-hydroxylation sites is 1. The van der Waals surface area contributed by atoms with Crippen LogP contribution < -0.4 is 10.6 Å². The molecule has 0 saturated carbocycles. The van der Waals surface area contributed by atoms with Crippen LogP contribution in [0.2, 0.25) is 0 Å². The number of likely N-dealkylation sites (tertiary alicyclic amines) is 1. The third kappa shape index (κ3) is 5.67. The molecule has 4 rings (SSSR count). The normalized spacial score (nSPS) is 16.4. The van der Waals surface area contributed by atoms with Crippen molar-refractivity contribution < 1.29 is 18.8 Å². The number of hydrogen-bond acceptors (Lipinski definition) is 3. The summed E-state index contributed by atoms with van der Waals surface area (Å²) in [5.74, 6) is -1.73. The van der Waals surface area contributed by atoms with E-state index >= 15 is 0 Å². The Morgan fingerprint density at radius 1 is 0.882 bits per heavy atom. The van der Waals surface area contributed by atoms with E-state index < -0.39 is 17.8 Å². The van der Waals surface area contributed by atoms with Crippen LogP contribution in [0.5, 0.6) is 0 Å². The average molecular weight is 460 g/mol.